The van der Waals surface area contributed by atoms with Crippen molar-refractivity contribution in [2.24, 2.45) is 0 Å². The fourth-order valence-electron chi connectivity index (χ4n) is 1.99. The minimum atomic E-state index is -0.955. The highest BCUT2D eigenvalue weighted by molar-refractivity contribution is 5.86. The zero-order valence-electron chi connectivity index (χ0n) is 10.5. The molecule has 0 bridgehead atoms. The largest absolute Gasteiger partial charge is 0.481 e. The van der Waals surface area contributed by atoms with E-state index in [1.807, 2.05) is 19.9 Å². The van der Waals surface area contributed by atoms with Crippen LogP contribution in [0.2, 0.25) is 0 Å². The average molecular weight is 246 g/mol. The third kappa shape index (κ3) is 2.01. The Bertz CT molecular complexity index is 695. The predicted molar refractivity (Wildman–Crippen MR) is 68.0 cm³/mol. The highest BCUT2D eigenvalue weighted by Gasteiger charge is 2.14. The second-order valence-electron chi connectivity index (χ2n) is 4.50. The van der Waals surface area contributed by atoms with Crippen molar-refractivity contribution in [3.05, 3.63) is 44.8 Å². The summed E-state index contributed by atoms with van der Waals surface area (Å²) in [7, 11) is 0. The van der Waals surface area contributed by atoms with Crippen molar-refractivity contribution in [3.8, 4) is 0 Å². The Hall–Kier alpha value is -2.10. The molecule has 1 aromatic carbocycles. The van der Waals surface area contributed by atoms with Gasteiger partial charge in [0, 0.05) is 10.9 Å². The molecule has 0 unspecified atom stereocenters. The SMILES string of the molecule is Cc1cc2oc(=O)c(C)c(CC(=O)O)c2cc1C. The third-order valence-corrected chi connectivity index (χ3v) is 3.21. The first-order valence-electron chi connectivity index (χ1n) is 5.65. The van der Waals surface area contributed by atoms with Gasteiger partial charge in [-0.25, -0.2) is 4.79 Å². The molecule has 4 nitrogen and oxygen atoms in total. The lowest BCUT2D eigenvalue weighted by atomic mass is 9.99. The molecule has 0 spiro atoms. The maximum atomic E-state index is 11.7. The van der Waals surface area contributed by atoms with Crippen molar-refractivity contribution in [2.45, 2.75) is 27.2 Å². The Balaban J connectivity index is 2.87. The summed E-state index contributed by atoms with van der Waals surface area (Å²) in [5.41, 5.74) is 2.94. The standard InChI is InChI=1S/C14H14O4/c1-7-4-11-10(6-13(15)16)9(3)14(17)18-12(11)5-8(7)2/h4-5H,6H2,1-3H3,(H,15,16). The zero-order chi connectivity index (χ0) is 13.4. The molecule has 0 atom stereocenters. The van der Waals surface area contributed by atoms with E-state index in [4.69, 9.17) is 9.52 Å². The Morgan fingerprint density at radius 2 is 1.83 bits per heavy atom. The second-order valence-corrected chi connectivity index (χ2v) is 4.50. The molecule has 2 aromatic rings. The monoisotopic (exact) mass is 246 g/mol. The van der Waals surface area contributed by atoms with Gasteiger partial charge in [-0.1, -0.05) is 0 Å². The van der Waals surface area contributed by atoms with E-state index in [0.717, 1.165) is 11.1 Å². The van der Waals surface area contributed by atoms with Gasteiger partial charge in [-0.05, 0) is 49.6 Å². The number of carbonyl (C=O) groups is 1. The molecular weight excluding hydrogens is 232 g/mol. The lowest BCUT2D eigenvalue weighted by Gasteiger charge is -2.09. The van der Waals surface area contributed by atoms with Crippen LogP contribution >= 0.6 is 0 Å². The maximum absolute atomic E-state index is 11.7. The van der Waals surface area contributed by atoms with Crippen LogP contribution in [0.25, 0.3) is 11.0 Å². The summed E-state index contributed by atoms with van der Waals surface area (Å²) in [4.78, 5) is 22.6. The molecule has 0 saturated carbocycles. The topological polar surface area (TPSA) is 67.5 Å². The summed E-state index contributed by atoms with van der Waals surface area (Å²) in [5.74, 6) is -0.955. The molecule has 94 valence electrons. The van der Waals surface area contributed by atoms with E-state index in [1.165, 1.54) is 0 Å². The number of aryl methyl sites for hydroxylation is 2. The van der Waals surface area contributed by atoms with Crippen LogP contribution in [0.3, 0.4) is 0 Å². The minimum Gasteiger partial charge on any atom is -0.481 e. The van der Waals surface area contributed by atoms with Crippen LogP contribution in [0.4, 0.5) is 0 Å². The van der Waals surface area contributed by atoms with Crippen molar-refractivity contribution in [1.82, 2.24) is 0 Å². The molecular formula is C14H14O4. The number of aliphatic carboxylic acids is 1. The van der Waals surface area contributed by atoms with E-state index in [9.17, 15) is 9.59 Å². The maximum Gasteiger partial charge on any atom is 0.339 e. The van der Waals surface area contributed by atoms with Gasteiger partial charge in [0.2, 0.25) is 0 Å². The number of benzene rings is 1. The molecule has 1 N–H and O–H groups in total. The second kappa shape index (κ2) is 4.29. The van der Waals surface area contributed by atoms with Crippen LogP contribution < -0.4 is 5.63 Å². The number of hydrogen-bond donors (Lipinski definition) is 1. The molecule has 4 heteroatoms. The number of hydrogen-bond acceptors (Lipinski definition) is 3. The van der Waals surface area contributed by atoms with E-state index in [-0.39, 0.29) is 6.42 Å². The van der Waals surface area contributed by atoms with E-state index in [2.05, 4.69) is 0 Å². The van der Waals surface area contributed by atoms with Crippen molar-refractivity contribution < 1.29 is 14.3 Å². The number of carboxylic acids is 1. The number of fused-ring (bicyclic) bond motifs is 1. The Kier molecular flexibility index (Phi) is 2.95. The van der Waals surface area contributed by atoms with Gasteiger partial charge in [0.1, 0.15) is 5.58 Å². The van der Waals surface area contributed by atoms with Crippen molar-refractivity contribution >= 4 is 16.9 Å². The van der Waals surface area contributed by atoms with Gasteiger partial charge in [0.15, 0.2) is 0 Å². The molecule has 0 aliphatic rings. The van der Waals surface area contributed by atoms with Gasteiger partial charge in [0.25, 0.3) is 0 Å². The summed E-state index contributed by atoms with van der Waals surface area (Å²) in [6.45, 7) is 5.46. The Morgan fingerprint density at radius 1 is 1.22 bits per heavy atom. The van der Waals surface area contributed by atoms with Gasteiger partial charge in [-0.15, -0.1) is 0 Å². The van der Waals surface area contributed by atoms with E-state index < -0.39 is 11.6 Å². The van der Waals surface area contributed by atoms with E-state index in [1.54, 1.807) is 13.0 Å². The van der Waals surface area contributed by atoms with Crippen LogP contribution in [0.15, 0.2) is 21.3 Å². The lowest BCUT2D eigenvalue weighted by Crippen LogP contribution is -2.11. The summed E-state index contributed by atoms with van der Waals surface area (Å²) < 4.78 is 5.20. The quantitative estimate of drug-likeness (QED) is 0.826. The third-order valence-electron chi connectivity index (χ3n) is 3.21. The first-order chi connectivity index (χ1) is 8.40. The van der Waals surface area contributed by atoms with Crippen LogP contribution in [-0.4, -0.2) is 11.1 Å². The summed E-state index contributed by atoms with van der Waals surface area (Å²) >= 11 is 0. The zero-order valence-corrected chi connectivity index (χ0v) is 10.5. The normalized spacial score (nSPS) is 10.8. The smallest absolute Gasteiger partial charge is 0.339 e. The minimum absolute atomic E-state index is 0.170. The molecule has 18 heavy (non-hydrogen) atoms. The number of carboxylic acid groups (broad SMARTS) is 1. The molecule has 2 rings (SSSR count). The average Bonchev–Trinajstić information content (AvgIpc) is 2.28. The van der Waals surface area contributed by atoms with Crippen LogP contribution in [0.5, 0.6) is 0 Å². The van der Waals surface area contributed by atoms with Crippen molar-refractivity contribution in [2.75, 3.05) is 0 Å². The molecule has 0 radical (unpaired) electrons. The number of rotatable bonds is 2. The fourth-order valence-corrected chi connectivity index (χ4v) is 1.99. The summed E-state index contributed by atoms with van der Waals surface area (Å²) in [5, 5.41) is 9.64. The summed E-state index contributed by atoms with van der Waals surface area (Å²) in [6.07, 6.45) is -0.170. The van der Waals surface area contributed by atoms with Crippen LogP contribution in [0, 0.1) is 20.8 Å². The molecule has 0 saturated heterocycles. The molecule has 1 heterocycles. The van der Waals surface area contributed by atoms with Crippen LogP contribution in [-0.2, 0) is 11.2 Å². The molecule has 0 aliphatic heterocycles. The molecule has 0 fully saturated rings. The lowest BCUT2D eigenvalue weighted by molar-refractivity contribution is -0.136. The first-order valence-corrected chi connectivity index (χ1v) is 5.65. The fraction of sp³-hybridized carbons (Fsp3) is 0.286. The van der Waals surface area contributed by atoms with Gasteiger partial charge in [-0.2, -0.15) is 0 Å². The predicted octanol–water partition coefficient (Wildman–Crippen LogP) is 2.35. The van der Waals surface area contributed by atoms with Crippen molar-refractivity contribution in [1.29, 1.82) is 0 Å². The Morgan fingerprint density at radius 3 is 2.44 bits per heavy atom. The van der Waals surface area contributed by atoms with E-state index >= 15 is 0 Å². The molecule has 1 aromatic heterocycles. The Labute approximate surface area is 104 Å². The van der Waals surface area contributed by atoms with Crippen LogP contribution in [0.1, 0.15) is 22.3 Å². The van der Waals surface area contributed by atoms with Gasteiger partial charge in [0.05, 0.1) is 6.42 Å². The highest BCUT2D eigenvalue weighted by atomic mass is 16.4. The van der Waals surface area contributed by atoms with Gasteiger partial charge < -0.3 is 9.52 Å². The molecule has 0 aliphatic carbocycles. The molecule has 0 amide bonds. The first kappa shape index (κ1) is 12.4. The van der Waals surface area contributed by atoms with Gasteiger partial charge in [-0.3, -0.25) is 4.79 Å². The van der Waals surface area contributed by atoms with Gasteiger partial charge >= 0.3 is 11.6 Å². The summed E-state index contributed by atoms with van der Waals surface area (Å²) in [6, 6.07) is 3.65. The highest BCUT2D eigenvalue weighted by Crippen LogP contribution is 2.24. The van der Waals surface area contributed by atoms with Crippen molar-refractivity contribution in [3.63, 3.8) is 0 Å². The van der Waals surface area contributed by atoms with E-state index in [0.29, 0.717) is 22.1 Å².